The highest BCUT2D eigenvalue weighted by Crippen LogP contribution is 2.42. The molecule has 0 N–H and O–H groups in total. The number of furan rings is 1. The van der Waals surface area contributed by atoms with E-state index in [-0.39, 0.29) is 0 Å². The summed E-state index contributed by atoms with van der Waals surface area (Å²) < 4.78 is 11.2. The van der Waals surface area contributed by atoms with E-state index in [1.165, 1.54) is 73.1 Å². The summed E-state index contributed by atoms with van der Waals surface area (Å²) in [4.78, 5) is 0. The number of para-hydroxylation sites is 3. The standard InChI is InChI=1S/C46H34N2O/c1-2-3-10-30-17-19-31(20-18-30)32-21-23-33(24-22-32)48-40-14-7-4-11-35(40)38-27-28-42-45(46(38)48)39-13-5-8-15-41(39)47(42)34-25-26-37-36-12-6-9-16-43(36)49-44(37)29-34/h4-9,11-29H,2-3,10H2,1H3. The van der Waals surface area contributed by atoms with Crippen LogP contribution in [0.25, 0.3) is 88.1 Å². The number of aromatic nitrogens is 2. The minimum absolute atomic E-state index is 0.899. The van der Waals surface area contributed by atoms with Crippen LogP contribution in [0, 0.1) is 0 Å². The molecule has 10 aromatic rings. The summed E-state index contributed by atoms with van der Waals surface area (Å²) in [6.45, 7) is 2.25. The lowest BCUT2D eigenvalue weighted by Crippen LogP contribution is -1.95. The highest BCUT2D eigenvalue weighted by molar-refractivity contribution is 6.26. The molecule has 0 spiro atoms. The molecule has 0 fully saturated rings. The van der Waals surface area contributed by atoms with Gasteiger partial charge in [-0.15, -0.1) is 0 Å². The fourth-order valence-electron chi connectivity index (χ4n) is 7.96. The van der Waals surface area contributed by atoms with Crippen LogP contribution in [-0.4, -0.2) is 9.13 Å². The molecule has 0 atom stereocenters. The number of hydrogen-bond acceptors (Lipinski definition) is 1. The Balaban J connectivity index is 1.20. The first-order valence-electron chi connectivity index (χ1n) is 17.3. The fourth-order valence-corrected chi connectivity index (χ4v) is 7.96. The number of rotatable bonds is 6. The summed E-state index contributed by atoms with van der Waals surface area (Å²) in [6.07, 6.45) is 3.59. The lowest BCUT2D eigenvalue weighted by atomic mass is 10.0. The molecule has 3 heteroatoms. The Morgan fingerprint density at radius 2 is 1.08 bits per heavy atom. The Morgan fingerprint density at radius 1 is 0.469 bits per heavy atom. The minimum Gasteiger partial charge on any atom is -0.456 e. The van der Waals surface area contributed by atoms with Gasteiger partial charge in [-0.05, 0) is 78.1 Å². The van der Waals surface area contributed by atoms with Gasteiger partial charge in [0.1, 0.15) is 11.2 Å². The Labute approximate surface area is 284 Å². The molecule has 0 unspecified atom stereocenters. The van der Waals surface area contributed by atoms with Crippen molar-refractivity contribution in [1.29, 1.82) is 0 Å². The molecule has 0 bridgehead atoms. The zero-order chi connectivity index (χ0) is 32.5. The molecule has 0 aliphatic carbocycles. The molecule has 0 aliphatic heterocycles. The van der Waals surface area contributed by atoms with E-state index < -0.39 is 0 Å². The van der Waals surface area contributed by atoms with Crippen LogP contribution in [0.1, 0.15) is 25.3 Å². The van der Waals surface area contributed by atoms with Crippen molar-refractivity contribution in [2.24, 2.45) is 0 Å². The molecular formula is C46H34N2O. The average Bonchev–Trinajstić information content (AvgIpc) is 3.81. The maximum Gasteiger partial charge on any atom is 0.137 e. The predicted molar refractivity (Wildman–Crippen MR) is 206 cm³/mol. The fraction of sp³-hybridized carbons (Fsp3) is 0.0870. The van der Waals surface area contributed by atoms with Crippen molar-refractivity contribution < 1.29 is 4.42 Å². The van der Waals surface area contributed by atoms with Crippen molar-refractivity contribution >= 4 is 65.6 Å². The number of benzene rings is 7. The molecule has 49 heavy (non-hydrogen) atoms. The molecule has 0 saturated carbocycles. The molecule has 10 rings (SSSR count). The molecule has 7 aromatic carbocycles. The molecule has 3 heterocycles. The number of unbranched alkanes of at least 4 members (excludes halogenated alkanes) is 1. The van der Waals surface area contributed by atoms with Crippen LogP contribution in [0.5, 0.6) is 0 Å². The zero-order valence-corrected chi connectivity index (χ0v) is 27.4. The molecule has 0 saturated heterocycles. The SMILES string of the molecule is CCCCc1ccc(-c2ccc(-n3c4ccccc4c4ccc5c(c6ccccc6n5-c5ccc6c(c5)oc5ccccc56)c43)cc2)cc1. The lowest BCUT2D eigenvalue weighted by molar-refractivity contribution is 0.668. The topological polar surface area (TPSA) is 23.0 Å². The van der Waals surface area contributed by atoms with E-state index in [2.05, 4.69) is 156 Å². The summed E-state index contributed by atoms with van der Waals surface area (Å²) in [5, 5.41) is 7.28. The smallest absolute Gasteiger partial charge is 0.137 e. The summed E-state index contributed by atoms with van der Waals surface area (Å²) >= 11 is 0. The van der Waals surface area contributed by atoms with Gasteiger partial charge < -0.3 is 13.6 Å². The summed E-state index contributed by atoms with van der Waals surface area (Å²) in [5.41, 5.74) is 12.7. The van der Waals surface area contributed by atoms with E-state index in [1.54, 1.807) is 0 Å². The Hall–Kier alpha value is -6.06. The van der Waals surface area contributed by atoms with E-state index in [4.69, 9.17) is 4.42 Å². The van der Waals surface area contributed by atoms with Gasteiger partial charge in [-0.1, -0.05) is 110 Å². The first-order chi connectivity index (χ1) is 24.3. The van der Waals surface area contributed by atoms with Crippen LogP contribution in [0.3, 0.4) is 0 Å². The van der Waals surface area contributed by atoms with Gasteiger partial charge in [0.15, 0.2) is 0 Å². The second-order valence-corrected chi connectivity index (χ2v) is 13.2. The second kappa shape index (κ2) is 11.0. The lowest BCUT2D eigenvalue weighted by Gasteiger charge is -2.11. The van der Waals surface area contributed by atoms with Crippen molar-refractivity contribution in [2.45, 2.75) is 26.2 Å². The quantitative estimate of drug-likeness (QED) is 0.179. The second-order valence-electron chi connectivity index (χ2n) is 13.2. The molecule has 0 radical (unpaired) electrons. The highest BCUT2D eigenvalue weighted by atomic mass is 16.3. The third-order valence-electron chi connectivity index (χ3n) is 10.3. The molecule has 3 nitrogen and oxygen atoms in total. The van der Waals surface area contributed by atoms with Gasteiger partial charge in [0.25, 0.3) is 0 Å². The van der Waals surface area contributed by atoms with E-state index >= 15 is 0 Å². The van der Waals surface area contributed by atoms with E-state index in [0.29, 0.717) is 0 Å². The summed E-state index contributed by atoms with van der Waals surface area (Å²) in [6, 6.07) is 55.3. The minimum atomic E-state index is 0.899. The summed E-state index contributed by atoms with van der Waals surface area (Å²) in [7, 11) is 0. The van der Waals surface area contributed by atoms with Gasteiger partial charge in [0.05, 0.1) is 22.1 Å². The van der Waals surface area contributed by atoms with Gasteiger partial charge in [-0.3, -0.25) is 0 Å². The van der Waals surface area contributed by atoms with Crippen molar-refractivity contribution in [3.8, 4) is 22.5 Å². The first-order valence-corrected chi connectivity index (χ1v) is 17.3. The van der Waals surface area contributed by atoms with Crippen molar-refractivity contribution in [3.05, 3.63) is 157 Å². The highest BCUT2D eigenvalue weighted by Gasteiger charge is 2.21. The van der Waals surface area contributed by atoms with Gasteiger partial charge in [-0.2, -0.15) is 0 Å². The third-order valence-corrected chi connectivity index (χ3v) is 10.3. The van der Waals surface area contributed by atoms with E-state index in [1.807, 2.05) is 12.1 Å². The first kappa shape index (κ1) is 28.0. The Morgan fingerprint density at radius 3 is 1.86 bits per heavy atom. The normalized spacial score (nSPS) is 12.0. The van der Waals surface area contributed by atoms with Crippen LogP contribution < -0.4 is 0 Å². The van der Waals surface area contributed by atoms with Crippen LogP contribution in [0.4, 0.5) is 0 Å². The van der Waals surface area contributed by atoms with Crippen LogP contribution in [-0.2, 0) is 6.42 Å². The molecule has 0 aliphatic rings. The molecule has 234 valence electrons. The maximum atomic E-state index is 6.35. The Bertz CT molecular complexity index is 2850. The van der Waals surface area contributed by atoms with Crippen LogP contribution in [0.15, 0.2) is 156 Å². The number of nitrogens with zero attached hydrogens (tertiary/aromatic N) is 2. The predicted octanol–water partition coefficient (Wildman–Crippen LogP) is 12.8. The Kier molecular flexibility index (Phi) is 6.29. The van der Waals surface area contributed by atoms with Crippen LogP contribution in [0.2, 0.25) is 0 Å². The average molecular weight is 631 g/mol. The third kappa shape index (κ3) is 4.29. The monoisotopic (exact) mass is 630 g/mol. The van der Waals surface area contributed by atoms with Gasteiger partial charge in [-0.25, -0.2) is 0 Å². The van der Waals surface area contributed by atoms with Crippen molar-refractivity contribution in [3.63, 3.8) is 0 Å². The zero-order valence-electron chi connectivity index (χ0n) is 27.4. The number of fused-ring (bicyclic) bond motifs is 10. The maximum absolute atomic E-state index is 6.35. The number of aryl methyl sites for hydroxylation is 1. The van der Waals surface area contributed by atoms with Gasteiger partial charge in [0, 0.05) is 49.8 Å². The molecule has 0 amide bonds. The van der Waals surface area contributed by atoms with E-state index in [0.717, 1.165) is 39.7 Å². The molecular weight excluding hydrogens is 597 g/mol. The van der Waals surface area contributed by atoms with Crippen molar-refractivity contribution in [2.75, 3.05) is 0 Å². The van der Waals surface area contributed by atoms with Gasteiger partial charge in [0.2, 0.25) is 0 Å². The largest absolute Gasteiger partial charge is 0.456 e. The van der Waals surface area contributed by atoms with E-state index in [9.17, 15) is 0 Å². The van der Waals surface area contributed by atoms with Crippen LogP contribution >= 0.6 is 0 Å². The number of hydrogen-bond donors (Lipinski definition) is 0. The van der Waals surface area contributed by atoms with Gasteiger partial charge >= 0.3 is 0 Å². The van der Waals surface area contributed by atoms with Crippen molar-refractivity contribution in [1.82, 2.24) is 9.13 Å². The molecule has 3 aromatic heterocycles. The summed E-state index contributed by atoms with van der Waals surface area (Å²) in [5.74, 6) is 0.